The van der Waals surface area contributed by atoms with Crippen molar-refractivity contribution in [1.82, 2.24) is 5.32 Å². The van der Waals surface area contributed by atoms with Crippen molar-refractivity contribution in [2.24, 2.45) is 5.73 Å². The molecule has 0 aliphatic carbocycles. The number of hydrogen-bond acceptors (Lipinski definition) is 3. The molecule has 0 heterocycles. The molecule has 1 unspecified atom stereocenters. The van der Waals surface area contributed by atoms with Crippen LogP contribution in [0.15, 0.2) is 0 Å². The first kappa shape index (κ1) is 17.9. The Bertz CT molecular complexity index is 114. The second-order valence-corrected chi connectivity index (χ2v) is 2.11. The lowest BCUT2D eigenvalue weighted by molar-refractivity contribution is -0.139. The summed E-state index contributed by atoms with van der Waals surface area (Å²) < 4.78 is 0. The smallest absolute Gasteiger partial charge is 0.320 e. The Balaban J connectivity index is -0.000000405. The first-order valence-corrected chi connectivity index (χ1v) is 3.32. The van der Waals surface area contributed by atoms with Crippen LogP contribution < -0.4 is 11.1 Å². The highest BCUT2D eigenvalue weighted by atomic mass is 35.5. The summed E-state index contributed by atoms with van der Waals surface area (Å²) in [5.41, 5.74) is 5.21. The van der Waals surface area contributed by atoms with Gasteiger partial charge in [0, 0.05) is 0 Å². The Labute approximate surface area is 84.7 Å². The average molecular weight is 219 g/mol. The van der Waals surface area contributed by atoms with E-state index in [-0.39, 0.29) is 24.8 Å². The van der Waals surface area contributed by atoms with Crippen molar-refractivity contribution in [1.29, 1.82) is 0 Å². The summed E-state index contributed by atoms with van der Waals surface area (Å²) >= 11 is 0. The van der Waals surface area contributed by atoms with Crippen LogP contribution in [0.5, 0.6) is 0 Å². The molecule has 4 nitrogen and oxygen atoms in total. The molecule has 0 aliphatic heterocycles. The van der Waals surface area contributed by atoms with Crippen molar-refractivity contribution < 1.29 is 9.90 Å². The van der Waals surface area contributed by atoms with Crippen LogP contribution in [0.4, 0.5) is 0 Å². The number of aliphatic carboxylic acids is 1. The standard InChI is InChI=1S/C6H14N2O2.2ClH/c1-8-5(6(9)10)3-2-4-7;;/h5,8H,2-4,7H2,1H3,(H,9,10);2*1H. The number of hydrogen-bond donors (Lipinski definition) is 3. The maximum absolute atomic E-state index is 10.3. The number of nitrogens with one attached hydrogen (secondary N) is 1. The molecule has 0 bridgehead atoms. The summed E-state index contributed by atoms with van der Waals surface area (Å²) in [6, 6.07) is -0.441. The van der Waals surface area contributed by atoms with Gasteiger partial charge in [-0.25, -0.2) is 0 Å². The summed E-state index contributed by atoms with van der Waals surface area (Å²) in [5.74, 6) is -0.809. The van der Waals surface area contributed by atoms with E-state index in [1.54, 1.807) is 7.05 Å². The highest BCUT2D eigenvalue weighted by molar-refractivity contribution is 5.85. The zero-order valence-corrected chi connectivity index (χ0v) is 8.58. The van der Waals surface area contributed by atoms with Gasteiger partial charge in [-0.3, -0.25) is 4.79 Å². The van der Waals surface area contributed by atoms with Gasteiger partial charge in [-0.05, 0) is 26.4 Å². The van der Waals surface area contributed by atoms with E-state index in [0.717, 1.165) is 6.42 Å². The Morgan fingerprint density at radius 1 is 1.58 bits per heavy atom. The molecular formula is C6H16Cl2N2O2. The fourth-order valence-corrected chi connectivity index (χ4v) is 0.713. The second-order valence-electron chi connectivity index (χ2n) is 2.11. The minimum atomic E-state index is -0.809. The van der Waals surface area contributed by atoms with E-state index in [2.05, 4.69) is 5.32 Å². The third kappa shape index (κ3) is 8.07. The maximum atomic E-state index is 10.3. The van der Waals surface area contributed by atoms with Crippen molar-refractivity contribution >= 4 is 30.8 Å². The van der Waals surface area contributed by atoms with Gasteiger partial charge in [-0.2, -0.15) is 0 Å². The van der Waals surface area contributed by atoms with Crippen molar-refractivity contribution in [2.45, 2.75) is 18.9 Å². The molecule has 1 atom stereocenters. The number of nitrogens with two attached hydrogens (primary N) is 1. The zero-order valence-electron chi connectivity index (χ0n) is 6.95. The Hall–Kier alpha value is -0.0300. The first-order valence-electron chi connectivity index (χ1n) is 3.32. The normalized spacial score (nSPS) is 10.8. The van der Waals surface area contributed by atoms with Gasteiger partial charge in [0.1, 0.15) is 6.04 Å². The quantitative estimate of drug-likeness (QED) is 0.619. The van der Waals surface area contributed by atoms with E-state index in [9.17, 15) is 4.79 Å². The summed E-state index contributed by atoms with van der Waals surface area (Å²) in [5, 5.41) is 11.2. The van der Waals surface area contributed by atoms with E-state index in [1.165, 1.54) is 0 Å². The molecule has 4 N–H and O–H groups in total. The van der Waals surface area contributed by atoms with Crippen molar-refractivity contribution in [3.8, 4) is 0 Å². The zero-order chi connectivity index (χ0) is 7.98. The predicted molar refractivity (Wildman–Crippen MR) is 53.3 cm³/mol. The molecule has 0 saturated heterocycles. The van der Waals surface area contributed by atoms with E-state index in [0.29, 0.717) is 13.0 Å². The summed E-state index contributed by atoms with van der Waals surface area (Å²) in [4.78, 5) is 10.3. The third-order valence-corrected chi connectivity index (χ3v) is 1.34. The van der Waals surface area contributed by atoms with Crippen LogP contribution >= 0.6 is 24.8 Å². The highest BCUT2D eigenvalue weighted by Crippen LogP contribution is 1.94. The first-order chi connectivity index (χ1) is 4.72. The van der Waals surface area contributed by atoms with Crippen molar-refractivity contribution in [2.75, 3.05) is 13.6 Å². The van der Waals surface area contributed by atoms with Gasteiger partial charge in [0.2, 0.25) is 0 Å². The van der Waals surface area contributed by atoms with Gasteiger partial charge in [0.05, 0.1) is 0 Å². The van der Waals surface area contributed by atoms with Crippen LogP contribution in [0.1, 0.15) is 12.8 Å². The minimum absolute atomic E-state index is 0. The van der Waals surface area contributed by atoms with Crippen LogP contribution in [0.25, 0.3) is 0 Å². The van der Waals surface area contributed by atoms with Gasteiger partial charge < -0.3 is 16.2 Å². The van der Waals surface area contributed by atoms with Gasteiger partial charge >= 0.3 is 5.97 Å². The molecule has 0 spiro atoms. The van der Waals surface area contributed by atoms with Crippen molar-refractivity contribution in [3.05, 3.63) is 0 Å². The molecule has 0 saturated carbocycles. The lowest BCUT2D eigenvalue weighted by atomic mass is 10.1. The van der Waals surface area contributed by atoms with E-state index >= 15 is 0 Å². The molecule has 0 radical (unpaired) electrons. The van der Waals surface area contributed by atoms with Gasteiger partial charge in [0.25, 0.3) is 0 Å². The number of rotatable bonds is 5. The van der Waals surface area contributed by atoms with Gasteiger partial charge in [0.15, 0.2) is 0 Å². The van der Waals surface area contributed by atoms with Crippen LogP contribution in [0, 0.1) is 0 Å². The number of carboxylic acids is 1. The molecule has 0 rings (SSSR count). The Morgan fingerprint density at radius 3 is 2.33 bits per heavy atom. The lowest BCUT2D eigenvalue weighted by Crippen LogP contribution is -2.34. The fourth-order valence-electron chi connectivity index (χ4n) is 0.713. The molecule has 0 fully saturated rings. The largest absolute Gasteiger partial charge is 0.480 e. The lowest BCUT2D eigenvalue weighted by Gasteiger charge is -2.08. The third-order valence-electron chi connectivity index (χ3n) is 1.34. The summed E-state index contributed by atoms with van der Waals surface area (Å²) in [6.07, 6.45) is 1.35. The van der Waals surface area contributed by atoms with E-state index < -0.39 is 12.0 Å². The molecular weight excluding hydrogens is 203 g/mol. The molecule has 12 heavy (non-hydrogen) atoms. The predicted octanol–water partition coefficient (Wildman–Crippen LogP) is 0.242. The molecule has 0 amide bonds. The van der Waals surface area contributed by atoms with Crippen LogP contribution in [0.3, 0.4) is 0 Å². The monoisotopic (exact) mass is 218 g/mol. The molecule has 76 valence electrons. The number of halogens is 2. The molecule has 0 aliphatic rings. The minimum Gasteiger partial charge on any atom is -0.480 e. The van der Waals surface area contributed by atoms with Crippen LogP contribution in [0.2, 0.25) is 0 Å². The number of carboxylic acid groups (broad SMARTS) is 1. The summed E-state index contributed by atoms with van der Waals surface area (Å²) in [7, 11) is 1.63. The molecule has 6 heteroatoms. The van der Waals surface area contributed by atoms with E-state index in [1.807, 2.05) is 0 Å². The van der Waals surface area contributed by atoms with Crippen LogP contribution in [-0.4, -0.2) is 30.7 Å². The number of likely N-dealkylation sites (N-methyl/N-ethyl adjacent to an activating group) is 1. The summed E-state index contributed by atoms with van der Waals surface area (Å²) in [6.45, 7) is 0.547. The van der Waals surface area contributed by atoms with E-state index in [4.69, 9.17) is 10.8 Å². The van der Waals surface area contributed by atoms with Crippen molar-refractivity contribution in [3.63, 3.8) is 0 Å². The SMILES string of the molecule is CNC(CCCN)C(=O)O.Cl.Cl. The Morgan fingerprint density at radius 2 is 2.08 bits per heavy atom. The fraction of sp³-hybridized carbons (Fsp3) is 0.833. The van der Waals surface area contributed by atoms with Gasteiger partial charge in [-0.15, -0.1) is 24.8 Å². The Kier molecular flexibility index (Phi) is 16.4. The molecule has 0 aromatic carbocycles. The highest BCUT2D eigenvalue weighted by Gasteiger charge is 2.12. The second kappa shape index (κ2) is 11.0. The van der Waals surface area contributed by atoms with Gasteiger partial charge in [-0.1, -0.05) is 0 Å². The molecule has 0 aromatic heterocycles. The average Bonchev–Trinajstić information content (AvgIpc) is 1.89. The molecule has 0 aromatic rings. The number of carbonyl (C=O) groups is 1. The maximum Gasteiger partial charge on any atom is 0.320 e. The topological polar surface area (TPSA) is 75.3 Å². The van der Waals surface area contributed by atoms with Crippen LogP contribution in [-0.2, 0) is 4.79 Å².